The maximum atomic E-state index is 13.2. The van der Waals surface area contributed by atoms with Gasteiger partial charge in [-0.2, -0.15) is 0 Å². The molecule has 1 unspecified atom stereocenters. The average Bonchev–Trinajstić information content (AvgIpc) is 3.00. The second-order valence-electron chi connectivity index (χ2n) is 9.15. The lowest BCUT2D eigenvalue weighted by Crippen LogP contribution is -2.51. The van der Waals surface area contributed by atoms with Crippen molar-refractivity contribution in [2.24, 2.45) is 0 Å². The van der Waals surface area contributed by atoms with Crippen molar-refractivity contribution < 1.29 is 31.9 Å². The number of rotatable bonds is 9. The van der Waals surface area contributed by atoms with E-state index in [1.54, 1.807) is 24.3 Å². The SMILES string of the molecule is O=C(NCc1ccccc1)C1CN(C(=O)COc2ccc(S(=O)(=O)Nc3ccc(F)cc3)cc2)c2ccccc2O1. The Labute approximate surface area is 236 Å². The van der Waals surface area contributed by atoms with Crippen LogP contribution < -0.4 is 24.4 Å². The van der Waals surface area contributed by atoms with E-state index in [-0.39, 0.29) is 35.4 Å². The van der Waals surface area contributed by atoms with Gasteiger partial charge in [0.2, 0.25) is 0 Å². The summed E-state index contributed by atoms with van der Waals surface area (Å²) < 4.78 is 52.3. The molecular weight excluding hydrogens is 549 g/mol. The van der Waals surface area contributed by atoms with Gasteiger partial charge in [-0.05, 0) is 66.2 Å². The Morgan fingerprint density at radius 2 is 1.59 bits per heavy atom. The van der Waals surface area contributed by atoms with Crippen LogP contribution in [0.3, 0.4) is 0 Å². The Kier molecular flexibility index (Phi) is 8.16. The highest BCUT2D eigenvalue weighted by atomic mass is 32.2. The van der Waals surface area contributed by atoms with Crippen LogP contribution in [-0.4, -0.2) is 39.5 Å². The summed E-state index contributed by atoms with van der Waals surface area (Å²) in [6, 6.07) is 26.8. The Balaban J connectivity index is 1.21. The Morgan fingerprint density at radius 1 is 0.902 bits per heavy atom. The van der Waals surface area contributed by atoms with Crippen molar-refractivity contribution in [3.05, 3.63) is 115 Å². The van der Waals surface area contributed by atoms with E-state index in [0.717, 1.165) is 17.7 Å². The first-order valence-corrected chi connectivity index (χ1v) is 14.2. The molecule has 0 bridgehead atoms. The van der Waals surface area contributed by atoms with E-state index in [4.69, 9.17) is 9.47 Å². The smallest absolute Gasteiger partial charge is 0.265 e. The number of nitrogens with one attached hydrogen (secondary N) is 2. The molecular formula is C30H26FN3O6S. The number of carbonyl (C=O) groups excluding carboxylic acids is 2. The van der Waals surface area contributed by atoms with Gasteiger partial charge in [-0.15, -0.1) is 0 Å². The molecule has 0 radical (unpaired) electrons. The zero-order chi connectivity index (χ0) is 28.8. The van der Waals surface area contributed by atoms with Gasteiger partial charge in [-0.1, -0.05) is 42.5 Å². The number of hydrogen-bond acceptors (Lipinski definition) is 6. The van der Waals surface area contributed by atoms with Crippen molar-refractivity contribution in [2.45, 2.75) is 17.5 Å². The molecule has 4 aromatic rings. The molecule has 1 aliphatic heterocycles. The fourth-order valence-electron chi connectivity index (χ4n) is 4.18. The van der Waals surface area contributed by atoms with E-state index in [0.29, 0.717) is 18.0 Å². The van der Waals surface area contributed by atoms with Crippen molar-refractivity contribution in [1.82, 2.24) is 5.32 Å². The summed E-state index contributed by atoms with van der Waals surface area (Å²) in [7, 11) is -3.92. The number of carbonyl (C=O) groups is 2. The molecule has 1 aliphatic rings. The van der Waals surface area contributed by atoms with Gasteiger partial charge in [-0.3, -0.25) is 14.3 Å². The zero-order valence-electron chi connectivity index (χ0n) is 21.7. The summed E-state index contributed by atoms with van der Waals surface area (Å²) in [6.07, 6.45) is -0.921. The molecule has 9 nitrogen and oxygen atoms in total. The molecule has 5 rings (SSSR count). The fourth-order valence-corrected chi connectivity index (χ4v) is 5.23. The lowest BCUT2D eigenvalue weighted by Gasteiger charge is -2.34. The third-order valence-electron chi connectivity index (χ3n) is 6.27. The molecule has 41 heavy (non-hydrogen) atoms. The van der Waals surface area contributed by atoms with Gasteiger partial charge >= 0.3 is 0 Å². The van der Waals surface area contributed by atoms with Crippen LogP contribution in [0.25, 0.3) is 0 Å². The highest BCUT2D eigenvalue weighted by molar-refractivity contribution is 7.92. The summed E-state index contributed by atoms with van der Waals surface area (Å²) >= 11 is 0. The largest absolute Gasteiger partial charge is 0.484 e. The number of para-hydroxylation sites is 2. The van der Waals surface area contributed by atoms with Gasteiger partial charge in [0.15, 0.2) is 12.7 Å². The quantitative estimate of drug-likeness (QED) is 0.311. The van der Waals surface area contributed by atoms with E-state index in [1.165, 1.54) is 41.3 Å². The van der Waals surface area contributed by atoms with Gasteiger partial charge in [-0.25, -0.2) is 12.8 Å². The summed E-state index contributed by atoms with van der Waals surface area (Å²) in [5, 5.41) is 2.85. The van der Waals surface area contributed by atoms with Crippen LogP contribution in [0, 0.1) is 5.82 Å². The second kappa shape index (κ2) is 12.1. The van der Waals surface area contributed by atoms with Crippen molar-refractivity contribution >= 4 is 33.2 Å². The molecule has 1 atom stereocenters. The first-order chi connectivity index (χ1) is 19.8. The van der Waals surface area contributed by atoms with Crippen LogP contribution in [0.2, 0.25) is 0 Å². The average molecular weight is 576 g/mol. The summed E-state index contributed by atoms with van der Waals surface area (Å²) in [5.74, 6) is -0.566. The molecule has 4 aromatic carbocycles. The minimum Gasteiger partial charge on any atom is -0.484 e. The third-order valence-corrected chi connectivity index (χ3v) is 7.67. The number of amides is 2. The van der Waals surface area contributed by atoms with Crippen LogP contribution in [0.15, 0.2) is 108 Å². The van der Waals surface area contributed by atoms with Gasteiger partial charge in [0.25, 0.3) is 21.8 Å². The van der Waals surface area contributed by atoms with Gasteiger partial charge < -0.3 is 19.7 Å². The zero-order valence-corrected chi connectivity index (χ0v) is 22.5. The number of sulfonamides is 1. The maximum Gasteiger partial charge on any atom is 0.265 e. The van der Waals surface area contributed by atoms with E-state index < -0.39 is 27.9 Å². The predicted molar refractivity (Wildman–Crippen MR) is 151 cm³/mol. The molecule has 11 heteroatoms. The highest BCUT2D eigenvalue weighted by Gasteiger charge is 2.33. The number of halogens is 1. The standard InChI is InChI=1S/C30H26FN3O6S/c31-22-10-12-23(13-11-22)33-41(37,38)25-16-14-24(15-17-25)39-20-29(35)34-19-28(40-27-9-5-4-8-26(27)34)30(36)32-18-21-6-2-1-3-7-21/h1-17,28,33H,18-20H2,(H,32,36). The van der Waals surface area contributed by atoms with E-state index in [9.17, 15) is 22.4 Å². The van der Waals surface area contributed by atoms with Crippen LogP contribution in [0.5, 0.6) is 11.5 Å². The monoisotopic (exact) mass is 575 g/mol. The molecule has 0 aliphatic carbocycles. The minimum absolute atomic E-state index is 0.00787. The fraction of sp³-hybridized carbons (Fsp3) is 0.133. The topological polar surface area (TPSA) is 114 Å². The van der Waals surface area contributed by atoms with Crippen molar-refractivity contribution in [1.29, 1.82) is 0 Å². The molecule has 2 amide bonds. The van der Waals surface area contributed by atoms with Crippen molar-refractivity contribution in [3.8, 4) is 11.5 Å². The molecule has 210 valence electrons. The summed E-state index contributed by atoms with van der Waals surface area (Å²) in [4.78, 5) is 27.5. The minimum atomic E-state index is -3.92. The maximum absolute atomic E-state index is 13.2. The van der Waals surface area contributed by atoms with Crippen LogP contribution >= 0.6 is 0 Å². The molecule has 0 aromatic heterocycles. The molecule has 0 saturated carbocycles. The van der Waals surface area contributed by atoms with Crippen LogP contribution in [-0.2, 0) is 26.2 Å². The van der Waals surface area contributed by atoms with Gasteiger partial charge in [0.05, 0.1) is 17.1 Å². The molecule has 2 N–H and O–H groups in total. The Morgan fingerprint density at radius 3 is 2.32 bits per heavy atom. The van der Waals surface area contributed by atoms with E-state index in [2.05, 4.69) is 10.0 Å². The van der Waals surface area contributed by atoms with Crippen molar-refractivity contribution in [2.75, 3.05) is 22.8 Å². The number of benzene rings is 4. The summed E-state index contributed by atoms with van der Waals surface area (Å²) in [6.45, 7) is -0.0396. The normalized spacial score (nSPS) is 14.4. The van der Waals surface area contributed by atoms with Crippen LogP contribution in [0.1, 0.15) is 5.56 Å². The first kappa shape index (κ1) is 27.7. The van der Waals surface area contributed by atoms with E-state index >= 15 is 0 Å². The molecule has 0 fully saturated rings. The van der Waals surface area contributed by atoms with Gasteiger partial charge in [0.1, 0.15) is 17.3 Å². The van der Waals surface area contributed by atoms with E-state index in [1.807, 2.05) is 30.3 Å². The molecule has 0 saturated heterocycles. The third kappa shape index (κ3) is 6.82. The first-order valence-electron chi connectivity index (χ1n) is 12.7. The number of hydrogen-bond donors (Lipinski definition) is 2. The van der Waals surface area contributed by atoms with Crippen molar-refractivity contribution in [3.63, 3.8) is 0 Å². The number of ether oxygens (including phenoxy) is 2. The second-order valence-corrected chi connectivity index (χ2v) is 10.8. The number of fused-ring (bicyclic) bond motifs is 1. The number of anilines is 2. The van der Waals surface area contributed by atoms with Crippen LogP contribution in [0.4, 0.5) is 15.8 Å². The Bertz CT molecular complexity index is 1630. The summed E-state index contributed by atoms with van der Waals surface area (Å²) in [5.41, 5.74) is 1.67. The number of nitrogens with zero attached hydrogens (tertiary/aromatic N) is 1. The van der Waals surface area contributed by atoms with Gasteiger partial charge in [0, 0.05) is 12.2 Å². The molecule has 1 heterocycles. The Hall–Kier alpha value is -4.90. The highest BCUT2D eigenvalue weighted by Crippen LogP contribution is 2.33. The molecule has 0 spiro atoms. The lowest BCUT2D eigenvalue weighted by atomic mass is 10.1. The predicted octanol–water partition coefficient (Wildman–Crippen LogP) is 4.12. The lowest BCUT2D eigenvalue weighted by molar-refractivity contribution is -0.128.